The Hall–Kier alpha value is -3.36. The summed E-state index contributed by atoms with van der Waals surface area (Å²) < 4.78 is 28.4. The molecule has 0 radical (unpaired) electrons. The molecule has 0 aliphatic carbocycles. The Labute approximate surface area is 203 Å². The second-order valence-corrected chi connectivity index (χ2v) is 10.9. The fourth-order valence-electron chi connectivity index (χ4n) is 3.21. The van der Waals surface area contributed by atoms with Crippen molar-refractivity contribution in [2.24, 2.45) is 0 Å². The summed E-state index contributed by atoms with van der Waals surface area (Å²) >= 11 is 6.07. The predicted octanol–water partition coefficient (Wildman–Crippen LogP) is 5.32. The number of amides is 1. The molecule has 0 spiro atoms. The number of hydrogen-bond donors (Lipinski definition) is 3. The van der Waals surface area contributed by atoms with E-state index in [9.17, 15) is 18.0 Å². The smallest absolute Gasteiger partial charge is 0.307 e. The number of aliphatic carboxylic acids is 1. The molecule has 0 aromatic heterocycles. The van der Waals surface area contributed by atoms with Crippen LogP contribution in [0.5, 0.6) is 0 Å². The van der Waals surface area contributed by atoms with Crippen molar-refractivity contribution >= 4 is 44.9 Å². The summed E-state index contributed by atoms with van der Waals surface area (Å²) in [7, 11) is -3.96. The first-order chi connectivity index (χ1) is 15.8. The summed E-state index contributed by atoms with van der Waals surface area (Å²) in [6.07, 6.45) is -0.134. The molecule has 1 amide bonds. The third-order valence-corrected chi connectivity index (χ3v) is 6.68. The molecule has 3 aromatic carbocycles. The molecule has 0 atom stereocenters. The first-order valence-electron chi connectivity index (χ1n) is 10.4. The second kappa shape index (κ2) is 9.87. The largest absolute Gasteiger partial charge is 0.481 e. The van der Waals surface area contributed by atoms with Crippen LogP contribution in [0.3, 0.4) is 0 Å². The van der Waals surface area contributed by atoms with Gasteiger partial charge < -0.3 is 10.4 Å². The number of halogens is 1. The Kier molecular flexibility index (Phi) is 7.33. The van der Waals surface area contributed by atoms with E-state index in [0.717, 1.165) is 5.56 Å². The van der Waals surface area contributed by atoms with Crippen molar-refractivity contribution in [3.05, 3.63) is 88.4 Å². The lowest BCUT2D eigenvalue weighted by Crippen LogP contribution is -2.19. The van der Waals surface area contributed by atoms with E-state index in [1.807, 2.05) is 20.8 Å². The molecule has 3 rings (SSSR count). The van der Waals surface area contributed by atoms with Crippen LogP contribution in [0, 0.1) is 0 Å². The molecule has 0 saturated carbocycles. The van der Waals surface area contributed by atoms with Crippen molar-refractivity contribution in [2.75, 3.05) is 10.0 Å². The summed E-state index contributed by atoms with van der Waals surface area (Å²) in [6.45, 7) is 6.10. The van der Waals surface area contributed by atoms with Gasteiger partial charge in [-0.25, -0.2) is 8.42 Å². The molecule has 0 saturated heterocycles. The number of sulfonamides is 1. The van der Waals surface area contributed by atoms with E-state index in [-0.39, 0.29) is 33.0 Å². The van der Waals surface area contributed by atoms with Crippen LogP contribution in [-0.4, -0.2) is 25.4 Å². The minimum absolute atomic E-state index is 0.0389. The zero-order valence-electron chi connectivity index (χ0n) is 18.9. The fourth-order valence-corrected chi connectivity index (χ4v) is 4.46. The molecule has 0 bridgehead atoms. The highest BCUT2D eigenvalue weighted by atomic mass is 35.5. The zero-order chi connectivity index (χ0) is 25.1. The van der Waals surface area contributed by atoms with Crippen molar-refractivity contribution in [3.63, 3.8) is 0 Å². The Morgan fingerprint density at radius 2 is 1.56 bits per heavy atom. The lowest BCUT2D eigenvalue weighted by Gasteiger charge is -2.19. The van der Waals surface area contributed by atoms with Gasteiger partial charge in [-0.1, -0.05) is 56.6 Å². The van der Waals surface area contributed by atoms with Crippen molar-refractivity contribution in [3.8, 4) is 0 Å². The number of carboxylic acids is 1. The minimum Gasteiger partial charge on any atom is -0.481 e. The maximum absolute atomic E-state index is 13.0. The van der Waals surface area contributed by atoms with E-state index < -0.39 is 21.9 Å². The minimum atomic E-state index is -3.96. The number of carbonyl (C=O) groups excluding carboxylic acids is 1. The van der Waals surface area contributed by atoms with Crippen molar-refractivity contribution in [2.45, 2.75) is 37.5 Å². The molecule has 0 heterocycles. The third kappa shape index (κ3) is 6.36. The lowest BCUT2D eigenvalue weighted by molar-refractivity contribution is -0.136. The molecule has 178 valence electrons. The highest BCUT2D eigenvalue weighted by Crippen LogP contribution is 2.27. The van der Waals surface area contributed by atoms with Crippen LogP contribution in [0.2, 0.25) is 5.02 Å². The first kappa shape index (κ1) is 25.3. The van der Waals surface area contributed by atoms with E-state index >= 15 is 0 Å². The topological polar surface area (TPSA) is 113 Å². The zero-order valence-corrected chi connectivity index (χ0v) is 20.5. The Bertz CT molecular complexity index is 1310. The average Bonchev–Trinajstić information content (AvgIpc) is 2.75. The van der Waals surface area contributed by atoms with Gasteiger partial charge in [-0.3, -0.25) is 14.3 Å². The predicted molar refractivity (Wildman–Crippen MR) is 133 cm³/mol. The van der Waals surface area contributed by atoms with Gasteiger partial charge in [0.25, 0.3) is 15.9 Å². The van der Waals surface area contributed by atoms with E-state index in [1.54, 1.807) is 36.4 Å². The van der Waals surface area contributed by atoms with E-state index in [1.165, 1.54) is 30.3 Å². The molecular formula is C25H25ClN2O5S. The number of carbonyl (C=O) groups is 2. The number of rotatable bonds is 7. The molecule has 34 heavy (non-hydrogen) atoms. The Morgan fingerprint density at radius 1 is 0.941 bits per heavy atom. The summed E-state index contributed by atoms with van der Waals surface area (Å²) in [5.74, 6) is -1.53. The number of anilines is 2. The quantitative estimate of drug-likeness (QED) is 0.406. The highest BCUT2D eigenvalue weighted by molar-refractivity contribution is 7.92. The normalized spacial score (nSPS) is 11.6. The first-order valence-corrected chi connectivity index (χ1v) is 12.3. The number of nitrogens with one attached hydrogen (secondary N) is 2. The van der Waals surface area contributed by atoms with E-state index in [4.69, 9.17) is 16.7 Å². The number of benzene rings is 3. The van der Waals surface area contributed by atoms with Gasteiger partial charge in [-0.15, -0.1) is 0 Å². The molecule has 3 N–H and O–H groups in total. The molecular weight excluding hydrogens is 476 g/mol. The van der Waals surface area contributed by atoms with Crippen molar-refractivity contribution in [1.82, 2.24) is 0 Å². The van der Waals surface area contributed by atoms with Gasteiger partial charge in [-0.2, -0.15) is 0 Å². The van der Waals surface area contributed by atoms with Gasteiger partial charge in [0, 0.05) is 10.7 Å². The molecule has 0 aliphatic heterocycles. The van der Waals surface area contributed by atoms with E-state index in [2.05, 4.69) is 10.0 Å². The van der Waals surface area contributed by atoms with Crippen LogP contribution in [-0.2, 0) is 26.7 Å². The Balaban J connectivity index is 1.84. The van der Waals surface area contributed by atoms with Crippen LogP contribution in [0.25, 0.3) is 0 Å². The van der Waals surface area contributed by atoms with Crippen molar-refractivity contribution < 1.29 is 23.1 Å². The molecule has 0 aliphatic rings. The van der Waals surface area contributed by atoms with Gasteiger partial charge in [-0.05, 0) is 59.0 Å². The fraction of sp³-hybridized carbons (Fsp3) is 0.200. The van der Waals surface area contributed by atoms with Crippen LogP contribution < -0.4 is 10.0 Å². The summed E-state index contributed by atoms with van der Waals surface area (Å²) in [4.78, 5) is 23.8. The maximum atomic E-state index is 13.0. The number of carboxylic acid groups (broad SMARTS) is 1. The van der Waals surface area contributed by atoms with Gasteiger partial charge in [0.1, 0.15) is 0 Å². The lowest BCUT2D eigenvalue weighted by atomic mass is 9.87. The van der Waals surface area contributed by atoms with Gasteiger partial charge in [0.2, 0.25) is 0 Å². The van der Waals surface area contributed by atoms with Crippen LogP contribution in [0.4, 0.5) is 11.4 Å². The number of hydrogen-bond acceptors (Lipinski definition) is 4. The second-order valence-electron chi connectivity index (χ2n) is 8.79. The monoisotopic (exact) mass is 500 g/mol. The third-order valence-electron chi connectivity index (χ3n) is 5.07. The summed E-state index contributed by atoms with van der Waals surface area (Å²) in [5, 5.41) is 11.8. The molecule has 9 heteroatoms. The van der Waals surface area contributed by atoms with Crippen LogP contribution in [0.15, 0.2) is 71.6 Å². The van der Waals surface area contributed by atoms with Crippen LogP contribution in [0.1, 0.15) is 42.3 Å². The summed E-state index contributed by atoms with van der Waals surface area (Å²) in [5.41, 5.74) is 1.99. The van der Waals surface area contributed by atoms with Gasteiger partial charge in [0.15, 0.2) is 0 Å². The molecule has 7 nitrogen and oxygen atoms in total. The molecule has 0 unspecified atom stereocenters. The van der Waals surface area contributed by atoms with Crippen molar-refractivity contribution in [1.29, 1.82) is 0 Å². The maximum Gasteiger partial charge on any atom is 0.307 e. The highest BCUT2D eigenvalue weighted by Gasteiger charge is 2.21. The van der Waals surface area contributed by atoms with Gasteiger partial charge in [0.05, 0.1) is 22.6 Å². The molecule has 0 fully saturated rings. The van der Waals surface area contributed by atoms with Crippen LogP contribution >= 0.6 is 11.6 Å². The summed E-state index contributed by atoms with van der Waals surface area (Å²) in [6, 6.07) is 17.2. The standard InChI is InChI=1S/C25H25ClN2O5S/c1-25(2,3)17-6-11-20(12-7-17)34(32,33)28-22-13-8-18(26)15-21(22)24(31)27-19-9-4-16(5-10-19)14-23(29)30/h4-13,15,28H,14H2,1-3H3,(H,27,31)(H,29,30). The molecule has 3 aromatic rings. The van der Waals surface area contributed by atoms with E-state index in [0.29, 0.717) is 11.3 Å². The van der Waals surface area contributed by atoms with Gasteiger partial charge >= 0.3 is 5.97 Å². The average molecular weight is 501 g/mol. The SMILES string of the molecule is CC(C)(C)c1ccc(S(=O)(=O)Nc2ccc(Cl)cc2C(=O)Nc2ccc(CC(=O)O)cc2)cc1. The Morgan fingerprint density at radius 3 is 2.12 bits per heavy atom.